The first-order valence-corrected chi connectivity index (χ1v) is 9.08. The quantitative estimate of drug-likeness (QED) is 0.524. The molecule has 0 atom stereocenters. The Labute approximate surface area is 163 Å². The topological polar surface area (TPSA) is 64.7 Å². The first-order chi connectivity index (χ1) is 13.2. The minimum atomic E-state index is -0.551. The first-order valence-electron chi connectivity index (χ1n) is 9.08. The van der Waals surface area contributed by atoms with E-state index in [4.69, 9.17) is 4.74 Å². The fourth-order valence-electron chi connectivity index (χ4n) is 3.10. The van der Waals surface area contributed by atoms with Crippen LogP contribution in [0.2, 0.25) is 0 Å². The Morgan fingerprint density at radius 1 is 1.14 bits per heavy atom. The Morgan fingerprint density at radius 2 is 1.93 bits per heavy atom. The minimum absolute atomic E-state index is 0.405. The summed E-state index contributed by atoms with van der Waals surface area (Å²) in [4.78, 5) is 23.0. The second kappa shape index (κ2) is 6.37. The molecular weight excluding hydrogens is 354 g/mol. The molecule has 4 heterocycles. The normalized spacial score (nSPS) is 11.9. The van der Waals surface area contributed by atoms with Crippen LogP contribution in [0.5, 0.6) is 0 Å². The molecule has 0 fully saturated rings. The second-order valence-corrected chi connectivity index (χ2v) is 7.85. The highest BCUT2D eigenvalue weighted by Gasteiger charge is 2.21. The van der Waals surface area contributed by atoms with Crippen LogP contribution < -0.4 is 4.90 Å². The molecule has 0 aliphatic heterocycles. The van der Waals surface area contributed by atoms with Gasteiger partial charge in [-0.3, -0.25) is 14.3 Å². The van der Waals surface area contributed by atoms with Crippen LogP contribution in [0, 0.1) is 0 Å². The van der Waals surface area contributed by atoms with Gasteiger partial charge in [-0.05, 0) is 45.0 Å². The minimum Gasteiger partial charge on any atom is -0.443 e. The van der Waals surface area contributed by atoms with Gasteiger partial charge in [0.15, 0.2) is 0 Å². The van der Waals surface area contributed by atoms with E-state index < -0.39 is 11.7 Å². The largest absolute Gasteiger partial charge is 0.443 e. The SMILES string of the molecule is CN(C(=O)OC(C)(C)C)c1ccc2ncc(-c3cc4ccn(C)c4cn3)n2c1. The molecule has 0 bridgehead atoms. The summed E-state index contributed by atoms with van der Waals surface area (Å²) in [6.07, 6.45) is 7.14. The number of aryl methyl sites for hydroxylation is 1. The third-order valence-electron chi connectivity index (χ3n) is 4.58. The highest BCUT2D eigenvalue weighted by Crippen LogP contribution is 2.25. The summed E-state index contributed by atoms with van der Waals surface area (Å²) in [7, 11) is 3.69. The van der Waals surface area contributed by atoms with Crippen molar-refractivity contribution in [1.29, 1.82) is 0 Å². The van der Waals surface area contributed by atoms with Gasteiger partial charge in [0.05, 0.1) is 35.0 Å². The van der Waals surface area contributed by atoms with E-state index in [-0.39, 0.29) is 0 Å². The van der Waals surface area contributed by atoms with Gasteiger partial charge in [0.25, 0.3) is 0 Å². The zero-order valence-electron chi connectivity index (χ0n) is 16.7. The highest BCUT2D eigenvalue weighted by atomic mass is 16.6. The van der Waals surface area contributed by atoms with Crippen molar-refractivity contribution >= 4 is 28.3 Å². The number of carbonyl (C=O) groups is 1. The lowest BCUT2D eigenvalue weighted by Crippen LogP contribution is -2.34. The average Bonchev–Trinajstić information content (AvgIpc) is 3.22. The predicted octanol–water partition coefficient (Wildman–Crippen LogP) is 4.26. The van der Waals surface area contributed by atoms with E-state index in [0.29, 0.717) is 5.69 Å². The standard InChI is InChI=1S/C21H23N5O2/c1-21(2,3)28-20(27)25(5)15-6-7-19-23-12-18(26(19)13-15)16-10-14-8-9-24(4)17(14)11-22-16/h6-13H,1-5H3. The lowest BCUT2D eigenvalue weighted by molar-refractivity contribution is 0.0589. The molecule has 0 N–H and O–H groups in total. The van der Waals surface area contributed by atoms with E-state index in [1.807, 2.05) is 73.6 Å². The van der Waals surface area contributed by atoms with Crippen LogP contribution in [0.1, 0.15) is 20.8 Å². The smallest absolute Gasteiger partial charge is 0.414 e. The maximum atomic E-state index is 12.4. The van der Waals surface area contributed by atoms with Gasteiger partial charge in [-0.2, -0.15) is 0 Å². The number of ether oxygens (including phenoxy) is 1. The van der Waals surface area contributed by atoms with Gasteiger partial charge in [-0.1, -0.05) is 0 Å². The molecule has 0 unspecified atom stereocenters. The summed E-state index contributed by atoms with van der Waals surface area (Å²) in [6, 6.07) is 7.83. The van der Waals surface area contributed by atoms with Gasteiger partial charge in [0.2, 0.25) is 0 Å². The van der Waals surface area contributed by atoms with E-state index in [2.05, 4.69) is 16.0 Å². The van der Waals surface area contributed by atoms with Crippen LogP contribution in [0.25, 0.3) is 27.9 Å². The van der Waals surface area contributed by atoms with Gasteiger partial charge >= 0.3 is 6.09 Å². The van der Waals surface area contributed by atoms with Crippen LogP contribution in [0.4, 0.5) is 10.5 Å². The fourth-order valence-corrected chi connectivity index (χ4v) is 3.10. The van der Waals surface area contributed by atoms with Crippen molar-refractivity contribution in [3.8, 4) is 11.4 Å². The second-order valence-electron chi connectivity index (χ2n) is 7.85. The predicted molar refractivity (Wildman–Crippen MR) is 110 cm³/mol. The van der Waals surface area contributed by atoms with Crippen molar-refractivity contribution in [3.05, 3.63) is 49.1 Å². The van der Waals surface area contributed by atoms with Crippen LogP contribution in [0.3, 0.4) is 0 Å². The summed E-state index contributed by atoms with van der Waals surface area (Å²) in [5.41, 5.74) is 3.70. The van der Waals surface area contributed by atoms with Crippen LogP contribution in [0.15, 0.2) is 49.1 Å². The lowest BCUT2D eigenvalue weighted by atomic mass is 10.2. The molecule has 0 spiro atoms. The molecule has 0 saturated heterocycles. The third-order valence-corrected chi connectivity index (χ3v) is 4.58. The zero-order valence-corrected chi connectivity index (χ0v) is 16.7. The third kappa shape index (κ3) is 3.19. The van der Waals surface area contributed by atoms with Gasteiger partial charge < -0.3 is 9.30 Å². The summed E-state index contributed by atoms with van der Waals surface area (Å²) in [5, 5.41) is 1.12. The van der Waals surface area contributed by atoms with Crippen molar-refractivity contribution < 1.29 is 9.53 Å². The number of nitrogens with zero attached hydrogens (tertiary/aromatic N) is 5. The molecule has 4 aromatic rings. The Balaban J connectivity index is 1.74. The summed E-state index contributed by atoms with van der Waals surface area (Å²) >= 11 is 0. The van der Waals surface area contributed by atoms with Gasteiger partial charge in [0, 0.05) is 31.9 Å². The molecule has 0 saturated carbocycles. The summed E-state index contributed by atoms with van der Waals surface area (Å²) in [5.74, 6) is 0. The monoisotopic (exact) mass is 377 g/mol. The number of carbonyl (C=O) groups excluding carboxylic acids is 1. The zero-order chi connectivity index (χ0) is 20.1. The van der Waals surface area contributed by atoms with E-state index in [9.17, 15) is 4.79 Å². The van der Waals surface area contributed by atoms with Crippen LogP contribution >= 0.6 is 0 Å². The van der Waals surface area contributed by atoms with E-state index in [0.717, 1.165) is 27.9 Å². The van der Waals surface area contributed by atoms with Crippen molar-refractivity contribution in [2.45, 2.75) is 26.4 Å². The number of fused-ring (bicyclic) bond motifs is 2. The number of imidazole rings is 1. The first kappa shape index (κ1) is 18.0. The van der Waals surface area contributed by atoms with Crippen LogP contribution in [-0.2, 0) is 11.8 Å². The molecule has 4 aromatic heterocycles. The highest BCUT2D eigenvalue weighted by molar-refractivity contribution is 5.87. The molecule has 4 rings (SSSR count). The van der Waals surface area contributed by atoms with E-state index in [1.165, 1.54) is 4.90 Å². The number of aromatic nitrogens is 4. The molecule has 0 radical (unpaired) electrons. The van der Waals surface area contributed by atoms with E-state index in [1.54, 1.807) is 13.2 Å². The number of hydrogen-bond donors (Lipinski definition) is 0. The molecule has 7 nitrogen and oxygen atoms in total. The Hall–Kier alpha value is -3.35. The fraction of sp³-hybridized carbons (Fsp3) is 0.286. The number of rotatable bonds is 2. The Bertz CT molecular complexity index is 1180. The number of anilines is 1. The molecule has 0 aliphatic rings. The number of amides is 1. The maximum Gasteiger partial charge on any atom is 0.414 e. The van der Waals surface area contributed by atoms with Crippen molar-refractivity contribution in [3.63, 3.8) is 0 Å². The Kier molecular flexibility index (Phi) is 4.10. The molecule has 1 amide bonds. The van der Waals surface area contributed by atoms with Gasteiger partial charge in [-0.15, -0.1) is 0 Å². The maximum absolute atomic E-state index is 12.4. The Morgan fingerprint density at radius 3 is 2.68 bits per heavy atom. The van der Waals surface area contributed by atoms with Crippen LogP contribution in [-0.4, -0.2) is 37.7 Å². The number of pyridine rings is 2. The summed E-state index contributed by atoms with van der Waals surface area (Å²) < 4.78 is 9.43. The number of hydrogen-bond acceptors (Lipinski definition) is 4. The molecule has 28 heavy (non-hydrogen) atoms. The van der Waals surface area contributed by atoms with Gasteiger partial charge in [0.1, 0.15) is 11.2 Å². The molecule has 0 aromatic carbocycles. The average molecular weight is 377 g/mol. The van der Waals surface area contributed by atoms with Crippen molar-refractivity contribution in [2.24, 2.45) is 7.05 Å². The molecular formula is C21H23N5O2. The lowest BCUT2D eigenvalue weighted by Gasteiger charge is -2.24. The van der Waals surface area contributed by atoms with E-state index >= 15 is 0 Å². The van der Waals surface area contributed by atoms with Gasteiger partial charge in [-0.25, -0.2) is 9.78 Å². The summed E-state index contributed by atoms with van der Waals surface area (Å²) in [6.45, 7) is 5.55. The molecule has 144 valence electrons. The molecule has 7 heteroatoms. The van der Waals surface area contributed by atoms with Crippen molar-refractivity contribution in [1.82, 2.24) is 18.9 Å². The molecule has 0 aliphatic carbocycles. The van der Waals surface area contributed by atoms with Crippen molar-refractivity contribution in [2.75, 3.05) is 11.9 Å².